The molecule has 1 atom stereocenters. The van der Waals surface area contributed by atoms with Gasteiger partial charge < -0.3 is 9.30 Å². The van der Waals surface area contributed by atoms with Gasteiger partial charge in [-0.05, 0) is 24.6 Å². The second kappa shape index (κ2) is 5.23. The Morgan fingerprint density at radius 1 is 1.35 bits per heavy atom. The number of rotatable bonds is 4. The van der Waals surface area contributed by atoms with Crippen LogP contribution in [0, 0.1) is 0 Å². The van der Waals surface area contributed by atoms with Gasteiger partial charge >= 0.3 is 0 Å². The van der Waals surface area contributed by atoms with Crippen LogP contribution in [0.4, 0.5) is 0 Å². The minimum Gasteiger partial charge on any atom is -0.497 e. The third-order valence-corrected chi connectivity index (χ3v) is 3.17. The van der Waals surface area contributed by atoms with E-state index in [-0.39, 0.29) is 6.04 Å². The third-order valence-electron chi connectivity index (χ3n) is 2.90. The van der Waals surface area contributed by atoms with Crippen molar-refractivity contribution in [1.82, 2.24) is 9.55 Å². The number of aromatic nitrogens is 2. The number of ether oxygens (including phenoxy) is 1. The third kappa shape index (κ3) is 2.44. The molecule has 0 N–H and O–H groups in total. The van der Waals surface area contributed by atoms with Gasteiger partial charge in [0.1, 0.15) is 5.75 Å². The molecule has 1 aromatic heterocycles. The maximum Gasteiger partial charge on any atom is 0.118 e. The second-order valence-electron chi connectivity index (χ2n) is 3.88. The fourth-order valence-corrected chi connectivity index (χ4v) is 2.03. The van der Waals surface area contributed by atoms with Crippen molar-refractivity contribution in [2.75, 3.05) is 7.11 Å². The molecule has 2 aromatic rings. The van der Waals surface area contributed by atoms with Gasteiger partial charge in [-0.1, -0.05) is 12.1 Å². The van der Waals surface area contributed by atoms with Gasteiger partial charge in [0.05, 0.1) is 31.1 Å². The van der Waals surface area contributed by atoms with Crippen molar-refractivity contribution < 1.29 is 4.74 Å². The van der Waals surface area contributed by atoms with Crippen molar-refractivity contribution in [2.24, 2.45) is 0 Å². The monoisotopic (exact) mass is 250 g/mol. The lowest BCUT2D eigenvalue weighted by atomic mass is 10.1. The van der Waals surface area contributed by atoms with Crippen LogP contribution in [0.3, 0.4) is 0 Å². The maximum atomic E-state index is 5.87. The molecule has 3 nitrogen and oxygen atoms in total. The maximum absolute atomic E-state index is 5.87. The number of hydrogen-bond acceptors (Lipinski definition) is 2. The molecule has 0 saturated carbocycles. The first kappa shape index (κ1) is 12.0. The normalized spacial score (nSPS) is 12.4. The molecule has 0 amide bonds. The lowest BCUT2D eigenvalue weighted by molar-refractivity contribution is 0.414. The zero-order valence-electron chi connectivity index (χ0n) is 9.93. The van der Waals surface area contributed by atoms with Crippen molar-refractivity contribution >= 4 is 11.6 Å². The Morgan fingerprint density at radius 2 is 2.06 bits per heavy atom. The highest BCUT2D eigenvalue weighted by Gasteiger charge is 2.10. The molecular weight excluding hydrogens is 236 g/mol. The fourth-order valence-electron chi connectivity index (χ4n) is 1.83. The molecule has 1 heterocycles. The Labute approximate surface area is 106 Å². The molecule has 0 saturated heterocycles. The highest BCUT2D eigenvalue weighted by Crippen LogP contribution is 2.22. The van der Waals surface area contributed by atoms with Gasteiger partial charge in [-0.3, -0.25) is 0 Å². The van der Waals surface area contributed by atoms with Crippen LogP contribution in [0.1, 0.15) is 24.2 Å². The van der Waals surface area contributed by atoms with Crippen LogP contribution in [-0.2, 0) is 5.88 Å². The molecule has 0 bridgehead atoms. The van der Waals surface area contributed by atoms with E-state index in [1.807, 2.05) is 18.5 Å². The lowest BCUT2D eigenvalue weighted by Crippen LogP contribution is -2.08. The Hall–Kier alpha value is -1.48. The van der Waals surface area contributed by atoms with Crippen molar-refractivity contribution in [2.45, 2.75) is 18.8 Å². The standard InChI is InChI=1S/C13H15ClN2O/c1-10(16-9-15-8-12(16)7-14)11-3-5-13(17-2)6-4-11/h3-6,8-10H,7H2,1-2H3. The predicted octanol–water partition coefficient (Wildman–Crippen LogP) is 3.24. The van der Waals surface area contributed by atoms with Crippen LogP contribution in [-0.4, -0.2) is 16.7 Å². The SMILES string of the molecule is COc1ccc(C(C)n2cncc2CCl)cc1. The molecule has 1 aromatic carbocycles. The highest BCUT2D eigenvalue weighted by atomic mass is 35.5. The van der Waals surface area contributed by atoms with Crippen molar-refractivity contribution in [3.05, 3.63) is 48.0 Å². The Balaban J connectivity index is 2.27. The molecule has 0 aliphatic rings. The molecule has 1 unspecified atom stereocenters. The molecule has 0 fully saturated rings. The zero-order valence-corrected chi connectivity index (χ0v) is 10.7. The predicted molar refractivity (Wildman–Crippen MR) is 68.6 cm³/mol. The summed E-state index contributed by atoms with van der Waals surface area (Å²) in [5.74, 6) is 1.34. The molecule has 17 heavy (non-hydrogen) atoms. The average Bonchev–Trinajstić information content (AvgIpc) is 2.86. The van der Waals surface area contributed by atoms with Crippen LogP contribution in [0.5, 0.6) is 5.75 Å². The molecule has 90 valence electrons. The summed E-state index contributed by atoms with van der Waals surface area (Å²) in [7, 11) is 1.67. The lowest BCUT2D eigenvalue weighted by Gasteiger charge is -2.16. The summed E-state index contributed by atoms with van der Waals surface area (Å²) in [6.07, 6.45) is 3.61. The van der Waals surface area contributed by atoms with Crippen LogP contribution in [0.25, 0.3) is 0 Å². The Kier molecular flexibility index (Phi) is 3.69. The van der Waals surface area contributed by atoms with Crippen LogP contribution in [0.2, 0.25) is 0 Å². The van der Waals surface area contributed by atoms with Crippen LogP contribution in [0.15, 0.2) is 36.8 Å². The number of alkyl halides is 1. The number of nitrogens with zero attached hydrogens (tertiary/aromatic N) is 2. The molecular formula is C13H15ClN2O. The fraction of sp³-hybridized carbons (Fsp3) is 0.308. The van der Waals surface area contributed by atoms with E-state index < -0.39 is 0 Å². The van der Waals surface area contributed by atoms with Gasteiger partial charge in [0.25, 0.3) is 0 Å². The van der Waals surface area contributed by atoms with E-state index in [4.69, 9.17) is 16.3 Å². The summed E-state index contributed by atoms with van der Waals surface area (Å²) in [4.78, 5) is 4.13. The molecule has 4 heteroatoms. The summed E-state index contributed by atoms with van der Waals surface area (Å²) in [6, 6.07) is 8.26. The molecule has 0 radical (unpaired) electrons. The second-order valence-corrected chi connectivity index (χ2v) is 4.14. The first-order valence-corrected chi connectivity index (χ1v) is 6.00. The molecule has 0 aliphatic carbocycles. The Morgan fingerprint density at radius 3 is 2.65 bits per heavy atom. The number of benzene rings is 1. The van der Waals surface area contributed by atoms with E-state index in [1.165, 1.54) is 5.56 Å². The zero-order chi connectivity index (χ0) is 12.3. The number of methoxy groups -OCH3 is 1. The van der Waals surface area contributed by atoms with Crippen LogP contribution >= 0.6 is 11.6 Å². The summed E-state index contributed by atoms with van der Waals surface area (Å²) >= 11 is 5.87. The summed E-state index contributed by atoms with van der Waals surface area (Å²) in [6.45, 7) is 2.12. The van der Waals surface area contributed by atoms with E-state index in [1.54, 1.807) is 13.3 Å². The quantitative estimate of drug-likeness (QED) is 0.779. The first-order chi connectivity index (χ1) is 8.26. The van der Waals surface area contributed by atoms with E-state index in [9.17, 15) is 0 Å². The van der Waals surface area contributed by atoms with Gasteiger partial charge in [0.2, 0.25) is 0 Å². The van der Waals surface area contributed by atoms with Gasteiger partial charge in [-0.2, -0.15) is 0 Å². The molecule has 0 aliphatic heterocycles. The minimum absolute atomic E-state index is 0.220. The number of imidazole rings is 1. The summed E-state index contributed by atoms with van der Waals surface area (Å²) in [5.41, 5.74) is 2.23. The van der Waals surface area contributed by atoms with Crippen molar-refractivity contribution in [1.29, 1.82) is 0 Å². The van der Waals surface area contributed by atoms with Gasteiger partial charge in [-0.25, -0.2) is 4.98 Å². The average molecular weight is 251 g/mol. The number of hydrogen-bond donors (Lipinski definition) is 0. The van der Waals surface area contributed by atoms with Crippen molar-refractivity contribution in [3.8, 4) is 5.75 Å². The number of halogens is 1. The summed E-state index contributed by atoms with van der Waals surface area (Å²) < 4.78 is 7.22. The van der Waals surface area contributed by atoms with E-state index >= 15 is 0 Å². The topological polar surface area (TPSA) is 27.1 Å². The van der Waals surface area contributed by atoms with E-state index in [0.29, 0.717) is 5.88 Å². The van der Waals surface area contributed by atoms with Gasteiger partial charge in [0, 0.05) is 6.20 Å². The van der Waals surface area contributed by atoms with E-state index in [2.05, 4.69) is 28.6 Å². The highest BCUT2D eigenvalue weighted by molar-refractivity contribution is 6.16. The summed E-state index contributed by atoms with van der Waals surface area (Å²) in [5, 5.41) is 0. The van der Waals surface area contributed by atoms with Gasteiger partial charge in [0.15, 0.2) is 0 Å². The first-order valence-electron chi connectivity index (χ1n) is 5.47. The molecule has 2 rings (SSSR count). The van der Waals surface area contributed by atoms with Crippen molar-refractivity contribution in [3.63, 3.8) is 0 Å². The Bertz CT molecular complexity index is 478. The van der Waals surface area contributed by atoms with Crippen LogP contribution < -0.4 is 4.74 Å². The molecule has 0 spiro atoms. The van der Waals surface area contributed by atoms with Gasteiger partial charge in [-0.15, -0.1) is 11.6 Å². The minimum atomic E-state index is 0.220. The smallest absolute Gasteiger partial charge is 0.118 e. The largest absolute Gasteiger partial charge is 0.497 e. The van der Waals surface area contributed by atoms with E-state index in [0.717, 1.165) is 11.4 Å².